The van der Waals surface area contributed by atoms with Crippen LogP contribution in [-0.2, 0) is 11.9 Å². The second-order valence-electron chi connectivity index (χ2n) is 4.28. The Morgan fingerprint density at radius 1 is 1.11 bits per heavy atom. The fourth-order valence-electron chi connectivity index (χ4n) is 1.77. The quantitative estimate of drug-likeness (QED) is 0.783. The van der Waals surface area contributed by atoms with Gasteiger partial charge in [0.1, 0.15) is 6.61 Å². The third kappa shape index (κ3) is 3.70. The van der Waals surface area contributed by atoms with Crippen LogP contribution in [0.2, 0.25) is 0 Å². The number of benzene rings is 1. The summed E-state index contributed by atoms with van der Waals surface area (Å²) in [6.07, 6.45) is 3.64. The molecule has 0 aliphatic rings. The number of aromatic nitrogens is 1. The minimum absolute atomic E-state index is 0.483. The molecule has 2 aromatic rings. The number of aryl methyl sites for hydroxylation is 1. The highest BCUT2D eigenvalue weighted by atomic mass is 79.9. The molecule has 100 valence electrons. The topological polar surface area (TPSA) is 31.4 Å². The van der Waals surface area contributed by atoms with Crippen molar-refractivity contribution in [3.05, 3.63) is 53.3 Å². The summed E-state index contributed by atoms with van der Waals surface area (Å²) in [5.41, 5.74) is 3.33. The smallest absolute Gasteiger partial charge is 0.161 e. The van der Waals surface area contributed by atoms with Gasteiger partial charge in [-0.2, -0.15) is 0 Å². The van der Waals surface area contributed by atoms with Crippen molar-refractivity contribution in [2.45, 2.75) is 18.9 Å². The van der Waals surface area contributed by atoms with Crippen molar-refractivity contribution in [2.24, 2.45) is 0 Å². The lowest BCUT2D eigenvalue weighted by Crippen LogP contribution is -1.99. The molecule has 0 bridgehead atoms. The zero-order chi connectivity index (χ0) is 13.7. The number of hydrogen-bond acceptors (Lipinski definition) is 3. The van der Waals surface area contributed by atoms with Crippen LogP contribution in [0.4, 0.5) is 0 Å². The van der Waals surface area contributed by atoms with E-state index in [0.717, 1.165) is 33.5 Å². The SMILES string of the molecule is COc1ccc(CBr)cc1OCc1cncc(C)c1. The molecule has 0 atom stereocenters. The fraction of sp³-hybridized carbons (Fsp3) is 0.267. The Morgan fingerprint density at radius 2 is 1.95 bits per heavy atom. The highest BCUT2D eigenvalue weighted by Crippen LogP contribution is 2.29. The van der Waals surface area contributed by atoms with Gasteiger partial charge in [0.05, 0.1) is 7.11 Å². The lowest BCUT2D eigenvalue weighted by molar-refractivity contribution is 0.284. The second-order valence-corrected chi connectivity index (χ2v) is 4.84. The number of halogens is 1. The number of rotatable bonds is 5. The maximum atomic E-state index is 5.83. The molecule has 1 aromatic carbocycles. The van der Waals surface area contributed by atoms with Crippen LogP contribution in [0.1, 0.15) is 16.7 Å². The van der Waals surface area contributed by atoms with Crippen LogP contribution in [0, 0.1) is 6.92 Å². The molecule has 1 heterocycles. The Kier molecular flexibility index (Phi) is 4.80. The van der Waals surface area contributed by atoms with E-state index in [-0.39, 0.29) is 0 Å². The maximum absolute atomic E-state index is 5.83. The molecule has 4 heteroatoms. The van der Waals surface area contributed by atoms with Crippen LogP contribution in [0.5, 0.6) is 11.5 Å². The van der Waals surface area contributed by atoms with Gasteiger partial charge in [-0.15, -0.1) is 0 Å². The molecule has 0 aliphatic carbocycles. The van der Waals surface area contributed by atoms with E-state index in [0.29, 0.717) is 6.61 Å². The molecule has 0 radical (unpaired) electrons. The highest BCUT2D eigenvalue weighted by Gasteiger charge is 2.06. The first-order chi connectivity index (χ1) is 9.22. The van der Waals surface area contributed by atoms with E-state index in [1.165, 1.54) is 0 Å². The van der Waals surface area contributed by atoms with Crippen molar-refractivity contribution < 1.29 is 9.47 Å². The Balaban J connectivity index is 2.14. The van der Waals surface area contributed by atoms with E-state index < -0.39 is 0 Å². The van der Waals surface area contributed by atoms with Gasteiger partial charge in [-0.25, -0.2) is 0 Å². The van der Waals surface area contributed by atoms with E-state index in [4.69, 9.17) is 9.47 Å². The van der Waals surface area contributed by atoms with Gasteiger partial charge in [0.15, 0.2) is 11.5 Å². The molecule has 19 heavy (non-hydrogen) atoms. The lowest BCUT2D eigenvalue weighted by Gasteiger charge is -2.12. The molecular formula is C15H16BrNO2. The molecule has 0 spiro atoms. The first kappa shape index (κ1) is 13.9. The number of methoxy groups -OCH3 is 1. The number of nitrogens with zero attached hydrogens (tertiary/aromatic N) is 1. The van der Waals surface area contributed by atoms with Crippen LogP contribution in [0.25, 0.3) is 0 Å². The van der Waals surface area contributed by atoms with Crippen molar-refractivity contribution in [1.29, 1.82) is 0 Å². The van der Waals surface area contributed by atoms with E-state index in [1.54, 1.807) is 7.11 Å². The van der Waals surface area contributed by atoms with E-state index >= 15 is 0 Å². The Labute approximate surface area is 121 Å². The van der Waals surface area contributed by atoms with E-state index in [1.807, 2.05) is 37.5 Å². The first-order valence-electron chi connectivity index (χ1n) is 5.99. The summed E-state index contributed by atoms with van der Waals surface area (Å²) in [7, 11) is 1.64. The van der Waals surface area contributed by atoms with Gasteiger partial charge in [-0.3, -0.25) is 4.98 Å². The Hall–Kier alpha value is -1.55. The number of ether oxygens (including phenoxy) is 2. The van der Waals surface area contributed by atoms with Gasteiger partial charge in [0.25, 0.3) is 0 Å². The Morgan fingerprint density at radius 3 is 2.63 bits per heavy atom. The van der Waals surface area contributed by atoms with Gasteiger partial charge in [-0.1, -0.05) is 22.0 Å². The highest BCUT2D eigenvalue weighted by molar-refractivity contribution is 9.08. The third-order valence-electron chi connectivity index (χ3n) is 2.71. The minimum atomic E-state index is 0.483. The van der Waals surface area contributed by atoms with Gasteiger partial charge in [0.2, 0.25) is 0 Å². The van der Waals surface area contributed by atoms with Crippen LogP contribution in [0.3, 0.4) is 0 Å². The lowest BCUT2D eigenvalue weighted by atomic mass is 10.2. The average molecular weight is 322 g/mol. The summed E-state index contributed by atoms with van der Waals surface area (Å²) >= 11 is 3.44. The minimum Gasteiger partial charge on any atom is -0.493 e. The largest absolute Gasteiger partial charge is 0.493 e. The average Bonchev–Trinajstić information content (AvgIpc) is 2.45. The first-order valence-corrected chi connectivity index (χ1v) is 7.11. The van der Waals surface area contributed by atoms with Crippen molar-refractivity contribution in [3.63, 3.8) is 0 Å². The molecule has 0 saturated carbocycles. The van der Waals surface area contributed by atoms with E-state index in [2.05, 4.69) is 27.0 Å². The van der Waals surface area contributed by atoms with Crippen molar-refractivity contribution in [2.75, 3.05) is 7.11 Å². The molecular weight excluding hydrogens is 306 g/mol. The van der Waals surface area contributed by atoms with E-state index in [9.17, 15) is 0 Å². The van der Waals surface area contributed by atoms with Crippen LogP contribution in [0.15, 0.2) is 36.7 Å². The Bertz CT molecular complexity index is 558. The summed E-state index contributed by atoms with van der Waals surface area (Å²) in [5.74, 6) is 1.49. The molecule has 0 fully saturated rings. The summed E-state index contributed by atoms with van der Waals surface area (Å²) in [4.78, 5) is 4.15. The number of hydrogen-bond donors (Lipinski definition) is 0. The number of alkyl halides is 1. The molecule has 0 unspecified atom stereocenters. The third-order valence-corrected chi connectivity index (χ3v) is 3.36. The van der Waals surface area contributed by atoms with Crippen LogP contribution in [-0.4, -0.2) is 12.1 Å². The van der Waals surface area contributed by atoms with Gasteiger partial charge >= 0.3 is 0 Å². The molecule has 0 saturated heterocycles. The molecule has 3 nitrogen and oxygen atoms in total. The summed E-state index contributed by atoms with van der Waals surface area (Å²) in [6.45, 7) is 2.50. The van der Waals surface area contributed by atoms with Crippen molar-refractivity contribution in [3.8, 4) is 11.5 Å². The molecule has 0 N–H and O–H groups in total. The fourth-order valence-corrected chi connectivity index (χ4v) is 2.12. The van der Waals surface area contributed by atoms with Crippen molar-refractivity contribution >= 4 is 15.9 Å². The molecule has 0 amide bonds. The van der Waals surface area contributed by atoms with Gasteiger partial charge < -0.3 is 9.47 Å². The predicted molar refractivity (Wildman–Crippen MR) is 78.9 cm³/mol. The standard InChI is InChI=1S/C15H16BrNO2/c1-11-5-13(9-17-8-11)10-19-15-6-12(7-16)3-4-14(15)18-2/h3-6,8-9H,7,10H2,1-2H3. The second kappa shape index (κ2) is 6.57. The number of pyridine rings is 1. The molecule has 0 aliphatic heterocycles. The molecule has 1 aromatic heterocycles. The maximum Gasteiger partial charge on any atom is 0.161 e. The zero-order valence-electron chi connectivity index (χ0n) is 11.0. The monoisotopic (exact) mass is 321 g/mol. The van der Waals surface area contributed by atoms with Gasteiger partial charge in [0, 0.05) is 23.3 Å². The van der Waals surface area contributed by atoms with Gasteiger partial charge in [-0.05, 0) is 36.2 Å². The summed E-state index contributed by atoms with van der Waals surface area (Å²) < 4.78 is 11.1. The summed E-state index contributed by atoms with van der Waals surface area (Å²) in [6, 6.07) is 7.97. The molecule has 2 rings (SSSR count). The summed E-state index contributed by atoms with van der Waals surface area (Å²) in [5, 5.41) is 0.791. The zero-order valence-corrected chi connectivity index (χ0v) is 12.6. The van der Waals surface area contributed by atoms with Crippen LogP contribution >= 0.6 is 15.9 Å². The van der Waals surface area contributed by atoms with Crippen molar-refractivity contribution in [1.82, 2.24) is 4.98 Å². The predicted octanol–water partition coefficient (Wildman–Crippen LogP) is 3.87. The van der Waals surface area contributed by atoms with Crippen LogP contribution < -0.4 is 9.47 Å². The normalized spacial score (nSPS) is 10.3.